The van der Waals surface area contributed by atoms with Gasteiger partial charge in [0, 0.05) is 24.7 Å². The SMILES string of the molecule is CCNC(=NCc1ccccc1F)NCC(C)N(CC)CC. The number of benzene rings is 1. The highest BCUT2D eigenvalue weighted by Gasteiger charge is 2.10. The molecule has 1 rings (SSSR count). The summed E-state index contributed by atoms with van der Waals surface area (Å²) in [5.41, 5.74) is 0.608. The average Bonchev–Trinajstić information content (AvgIpc) is 2.52. The van der Waals surface area contributed by atoms with Crippen LogP contribution in [0.5, 0.6) is 0 Å². The van der Waals surface area contributed by atoms with Gasteiger partial charge in [-0.3, -0.25) is 4.90 Å². The lowest BCUT2D eigenvalue weighted by Crippen LogP contribution is -2.46. The quantitative estimate of drug-likeness (QED) is 0.573. The van der Waals surface area contributed by atoms with E-state index in [-0.39, 0.29) is 5.82 Å². The highest BCUT2D eigenvalue weighted by Crippen LogP contribution is 2.07. The van der Waals surface area contributed by atoms with Crippen molar-refractivity contribution in [3.63, 3.8) is 0 Å². The van der Waals surface area contributed by atoms with Gasteiger partial charge in [0.05, 0.1) is 6.54 Å². The third-order valence-electron chi connectivity index (χ3n) is 3.71. The fourth-order valence-electron chi connectivity index (χ4n) is 2.35. The van der Waals surface area contributed by atoms with E-state index >= 15 is 0 Å². The number of guanidine groups is 1. The summed E-state index contributed by atoms with van der Waals surface area (Å²) in [7, 11) is 0. The van der Waals surface area contributed by atoms with Gasteiger partial charge in [-0.2, -0.15) is 0 Å². The Bertz CT molecular complexity index is 458. The summed E-state index contributed by atoms with van der Waals surface area (Å²) in [6, 6.07) is 7.18. The molecular weight excluding hydrogens is 279 g/mol. The van der Waals surface area contributed by atoms with E-state index in [1.807, 2.05) is 13.0 Å². The second-order valence-electron chi connectivity index (χ2n) is 5.24. The minimum absolute atomic E-state index is 0.210. The Morgan fingerprint density at radius 1 is 1.18 bits per heavy atom. The molecule has 0 bridgehead atoms. The Balaban J connectivity index is 2.61. The minimum Gasteiger partial charge on any atom is -0.357 e. The molecule has 0 aromatic heterocycles. The summed E-state index contributed by atoms with van der Waals surface area (Å²) in [6.07, 6.45) is 0. The normalized spacial score (nSPS) is 13.3. The molecule has 0 aliphatic rings. The van der Waals surface area contributed by atoms with Crippen LogP contribution in [0.15, 0.2) is 29.3 Å². The fraction of sp³-hybridized carbons (Fsp3) is 0.588. The van der Waals surface area contributed by atoms with E-state index in [4.69, 9.17) is 0 Å². The van der Waals surface area contributed by atoms with Gasteiger partial charge in [-0.15, -0.1) is 0 Å². The van der Waals surface area contributed by atoms with Crippen molar-refractivity contribution >= 4 is 5.96 Å². The summed E-state index contributed by atoms with van der Waals surface area (Å²) in [5.74, 6) is 0.517. The molecule has 0 spiro atoms. The van der Waals surface area contributed by atoms with Crippen molar-refractivity contribution in [3.05, 3.63) is 35.6 Å². The van der Waals surface area contributed by atoms with Crippen molar-refractivity contribution in [2.24, 2.45) is 4.99 Å². The molecule has 0 aliphatic heterocycles. The number of hydrogen-bond acceptors (Lipinski definition) is 2. The zero-order valence-corrected chi connectivity index (χ0v) is 14.2. The van der Waals surface area contributed by atoms with Crippen LogP contribution in [0, 0.1) is 5.82 Å². The Morgan fingerprint density at radius 2 is 1.86 bits per heavy atom. The molecule has 0 amide bonds. The van der Waals surface area contributed by atoms with Crippen molar-refractivity contribution < 1.29 is 4.39 Å². The summed E-state index contributed by atoms with van der Waals surface area (Å²) >= 11 is 0. The minimum atomic E-state index is -0.210. The molecule has 0 fully saturated rings. The molecule has 0 heterocycles. The molecule has 1 aromatic carbocycles. The summed E-state index contributed by atoms with van der Waals surface area (Å²) in [5, 5.41) is 6.53. The second-order valence-corrected chi connectivity index (χ2v) is 5.24. The third-order valence-corrected chi connectivity index (χ3v) is 3.71. The molecule has 1 atom stereocenters. The van der Waals surface area contributed by atoms with Crippen molar-refractivity contribution in [1.82, 2.24) is 15.5 Å². The van der Waals surface area contributed by atoms with Crippen molar-refractivity contribution in [2.45, 2.75) is 40.3 Å². The number of halogens is 1. The standard InChI is InChI=1S/C17H29FN4/c1-5-19-17(20-12-14(4)22(6-2)7-3)21-13-15-10-8-9-11-16(15)18/h8-11,14H,5-7,12-13H2,1-4H3,(H2,19,20,21). The molecule has 124 valence electrons. The van der Waals surface area contributed by atoms with E-state index in [2.05, 4.69) is 41.3 Å². The summed E-state index contributed by atoms with van der Waals surface area (Å²) < 4.78 is 13.6. The van der Waals surface area contributed by atoms with E-state index in [0.717, 1.165) is 32.1 Å². The second kappa shape index (κ2) is 10.2. The Kier molecular flexibility index (Phi) is 8.51. The lowest BCUT2D eigenvalue weighted by Gasteiger charge is -2.27. The predicted molar refractivity (Wildman–Crippen MR) is 91.6 cm³/mol. The molecule has 0 aliphatic carbocycles. The van der Waals surface area contributed by atoms with Gasteiger partial charge in [-0.25, -0.2) is 9.38 Å². The van der Waals surface area contributed by atoms with Crippen molar-refractivity contribution in [3.8, 4) is 0 Å². The van der Waals surface area contributed by atoms with E-state index in [0.29, 0.717) is 18.2 Å². The Morgan fingerprint density at radius 3 is 2.45 bits per heavy atom. The van der Waals surface area contributed by atoms with E-state index in [1.165, 1.54) is 6.07 Å². The maximum atomic E-state index is 13.6. The lowest BCUT2D eigenvalue weighted by atomic mass is 10.2. The van der Waals surface area contributed by atoms with Gasteiger partial charge in [-0.05, 0) is 33.0 Å². The van der Waals surface area contributed by atoms with Crippen LogP contribution in [0.3, 0.4) is 0 Å². The van der Waals surface area contributed by atoms with E-state index in [9.17, 15) is 4.39 Å². The number of nitrogens with zero attached hydrogens (tertiary/aromatic N) is 2. The zero-order valence-electron chi connectivity index (χ0n) is 14.2. The third kappa shape index (κ3) is 6.02. The first-order valence-electron chi connectivity index (χ1n) is 8.11. The van der Waals surface area contributed by atoms with Gasteiger partial charge < -0.3 is 10.6 Å². The molecule has 1 unspecified atom stereocenters. The van der Waals surface area contributed by atoms with Gasteiger partial charge in [0.1, 0.15) is 5.82 Å². The maximum absolute atomic E-state index is 13.6. The number of nitrogens with one attached hydrogen (secondary N) is 2. The maximum Gasteiger partial charge on any atom is 0.191 e. The molecule has 0 radical (unpaired) electrons. The first kappa shape index (κ1) is 18.4. The van der Waals surface area contributed by atoms with Gasteiger partial charge >= 0.3 is 0 Å². The fourth-order valence-corrected chi connectivity index (χ4v) is 2.35. The number of aliphatic imine (C=N–C) groups is 1. The van der Waals surface area contributed by atoms with Crippen molar-refractivity contribution in [1.29, 1.82) is 0 Å². The van der Waals surface area contributed by atoms with Gasteiger partial charge in [0.25, 0.3) is 0 Å². The molecule has 0 saturated carbocycles. The Hall–Kier alpha value is -1.62. The van der Waals surface area contributed by atoms with Crippen LogP contribution in [0.4, 0.5) is 4.39 Å². The first-order chi connectivity index (χ1) is 10.6. The molecule has 1 aromatic rings. The summed E-state index contributed by atoms with van der Waals surface area (Å²) in [6.45, 7) is 12.5. The number of hydrogen-bond donors (Lipinski definition) is 2. The highest BCUT2D eigenvalue weighted by molar-refractivity contribution is 5.79. The van der Waals surface area contributed by atoms with E-state index < -0.39 is 0 Å². The average molecular weight is 308 g/mol. The monoisotopic (exact) mass is 308 g/mol. The predicted octanol–water partition coefficient (Wildman–Crippen LogP) is 2.61. The van der Waals surface area contributed by atoms with Crippen LogP contribution in [0.1, 0.15) is 33.3 Å². The van der Waals surface area contributed by atoms with Crippen LogP contribution in [-0.4, -0.2) is 43.1 Å². The molecule has 4 nitrogen and oxygen atoms in total. The molecule has 5 heteroatoms. The smallest absolute Gasteiger partial charge is 0.191 e. The molecular formula is C17H29FN4. The van der Waals surface area contributed by atoms with Crippen molar-refractivity contribution in [2.75, 3.05) is 26.2 Å². The Labute approximate surface area is 133 Å². The largest absolute Gasteiger partial charge is 0.357 e. The number of rotatable bonds is 8. The van der Waals surface area contributed by atoms with Crippen LogP contribution in [0.2, 0.25) is 0 Å². The highest BCUT2D eigenvalue weighted by atomic mass is 19.1. The van der Waals surface area contributed by atoms with E-state index in [1.54, 1.807) is 12.1 Å². The van der Waals surface area contributed by atoms with Gasteiger partial charge in [0.15, 0.2) is 5.96 Å². The van der Waals surface area contributed by atoms with Crippen LogP contribution in [-0.2, 0) is 6.54 Å². The molecule has 22 heavy (non-hydrogen) atoms. The van der Waals surface area contributed by atoms with Crippen LogP contribution in [0.25, 0.3) is 0 Å². The van der Waals surface area contributed by atoms with Crippen LogP contribution < -0.4 is 10.6 Å². The first-order valence-corrected chi connectivity index (χ1v) is 8.11. The van der Waals surface area contributed by atoms with Crippen LogP contribution >= 0.6 is 0 Å². The topological polar surface area (TPSA) is 39.7 Å². The molecule has 0 saturated heterocycles. The number of likely N-dealkylation sites (N-methyl/N-ethyl adjacent to an activating group) is 1. The summed E-state index contributed by atoms with van der Waals surface area (Å²) in [4.78, 5) is 6.85. The van der Waals surface area contributed by atoms with Gasteiger partial charge in [0.2, 0.25) is 0 Å². The van der Waals surface area contributed by atoms with Gasteiger partial charge in [-0.1, -0.05) is 32.0 Å². The zero-order chi connectivity index (χ0) is 16.4. The lowest BCUT2D eigenvalue weighted by molar-refractivity contribution is 0.231. The molecule has 2 N–H and O–H groups in total.